The smallest absolute Gasteiger partial charge is 0.246 e. The number of hydrogen-bond donors (Lipinski definition) is 2. The van der Waals surface area contributed by atoms with E-state index in [1.54, 1.807) is 4.90 Å². The predicted octanol–water partition coefficient (Wildman–Crippen LogP) is 1.31. The van der Waals surface area contributed by atoms with Crippen LogP contribution < -0.4 is 16.0 Å². The summed E-state index contributed by atoms with van der Waals surface area (Å²) in [6.45, 7) is 1.14. The van der Waals surface area contributed by atoms with Gasteiger partial charge in [0.05, 0.1) is 13.1 Å². The number of nitrogens with two attached hydrogens (primary N) is 1. The predicted molar refractivity (Wildman–Crippen MR) is 85.6 cm³/mol. The Kier molecular flexibility index (Phi) is 4.16. The number of nitrogens with zero attached hydrogens (tertiary/aromatic N) is 1. The molecule has 5 nitrogen and oxygen atoms in total. The van der Waals surface area contributed by atoms with Crippen LogP contribution in [0, 0.1) is 0 Å². The third-order valence-corrected chi connectivity index (χ3v) is 4.99. The van der Waals surface area contributed by atoms with Crippen molar-refractivity contribution in [3.05, 3.63) is 29.8 Å². The van der Waals surface area contributed by atoms with Crippen LogP contribution in [0.2, 0.25) is 0 Å². The highest BCUT2D eigenvalue weighted by Gasteiger charge is 2.32. The third kappa shape index (κ3) is 2.86. The topological polar surface area (TPSA) is 75.4 Å². The van der Waals surface area contributed by atoms with Crippen molar-refractivity contribution in [3.63, 3.8) is 0 Å². The number of piperazine rings is 1. The van der Waals surface area contributed by atoms with E-state index in [-0.39, 0.29) is 30.3 Å². The first-order chi connectivity index (χ1) is 10.6. The van der Waals surface area contributed by atoms with Crippen LogP contribution in [0.25, 0.3) is 0 Å². The Morgan fingerprint density at radius 3 is 2.14 bits per heavy atom. The molecule has 0 unspecified atom stereocenters. The van der Waals surface area contributed by atoms with Gasteiger partial charge in [0.15, 0.2) is 0 Å². The van der Waals surface area contributed by atoms with E-state index in [1.807, 2.05) is 12.1 Å². The van der Waals surface area contributed by atoms with Gasteiger partial charge in [-0.2, -0.15) is 0 Å². The summed E-state index contributed by atoms with van der Waals surface area (Å²) in [4.78, 5) is 24.8. The van der Waals surface area contributed by atoms with E-state index in [4.69, 9.17) is 5.73 Å². The molecule has 0 atom stereocenters. The lowest BCUT2D eigenvalue weighted by atomic mass is 9.69. The average Bonchev–Trinajstić information content (AvgIpc) is 2.55. The summed E-state index contributed by atoms with van der Waals surface area (Å²) in [7, 11) is 0. The molecule has 2 amide bonds. The molecular weight excluding hydrogens is 278 g/mol. The zero-order valence-electron chi connectivity index (χ0n) is 12.8. The normalized spacial score (nSPS) is 21.6. The number of carbonyl (C=O) groups is 2. The van der Waals surface area contributed by atoms with Gasteiger partial charge in [0.2, 0.25) is 11.8 Å². The van der Waals surface area contributed by atoms with Gasteiger partial charge in [0.1, 0.15) is 0 Å². The van der Waals surface area contributed by atoms with E-state index in [9.17, 15) is 9.59 Å². The first kappa shape index (κ1) is 15.0. The van der Waals surface area contributed by atoms with Crippen LogP contribution >= 0.6 is 0 Å². The molecule has 0 bridgehead atoms. The van der Waals surface area contributed by atoms with Gasteiger partial charge in [-0.1, -0.05) is 31.4 Å². The van der Waals surface area contributed by atoms with Crippen LogP contribution in [0.5, 0.6) is 0 Å². The summed E-state index contributed by atoms with van der Waals surface area (Å²) in [6, 6.07) is 8.25. The Hall–Kier alpha value is -1.88. The van der Waals surface area contributed by atoms with Crippen molar-refractivity contribution in [3.8, 4) is 0 Å². The number of nitrogens with one attached hydrogen (secondary N) is 1. The molecule has 1 saturated heterocycles. The summed E-state index contributed by atoms with van der Waals surface area (Å²) in [5, 5.41) is 2.32. The van der Waals surface area contributed by atoms with Crippen LogP contribution in [0.3, 0.4) is 0 Å². The SMILES string of the molecule is NCC1(c2ccc(N3CC(=O)NC(=O)C3)cc2)CCCCC1. The van der Waals surface area contributed by atoms with Crippen LogP contribution in [-0.4, -0.2) is 31.4 Å². The lowest BCUT2D eigenvalue weighted by molar-refractivity contribution is -0.130. The first-order valence-corrected chi connectivity index (χ1v) is 8.01. The molecule has 1 aliphatic heterocycles. The molecule has 22 heavy (non-hydrogen) atoms. The highest BCUT2D eigenvalue weighted by molar-refractivity contribution is 6.02. The van der Waals surface area contributed by atoms with Gasteiger partial charge in [0.25, 0.3) is 0 Å². The van der Waals surface area contributed by atoms with Crippen molar-refractivity contribution < 1.29 is 9.59 Å². The maximum Gasteiger partial charge on any atom is 0.246 e. The van der Waals surface area contributed by atoms with Crippen LogP contribution in [0.4, 0.5) is 5.69 Å². The Labute approximate surface area is 130 Å². The second-order valence-electron chi connectivity index (χ2n) is 6.42. The monoisotopic (exact) mass is 301 g/mol. The zero-order chi connectivity index (χ0) is 15.6. The Morgan fingerprint density at radius 1 is 1.00 bits per heavy atom. The van der Waals surface area contributed by atoms with E-state index in [2.05, 4.69) is 17.4 Å². The molecule has 0 radical (unpaired) electrons. The van der Waals surface area contributed by atoms with Gasteiger partial charge in [-0.15, -0.1) is 0 Å². The molecule has 118 valence electrons. The fourth-order valence-electron chi connectivity index (χ4n) is 3.68. The van der Waals surface area contributed by atoms with E-state index in [1.165, 1.54) is 24.8 Å². The number of amides is 2. The van der Waals surface area contributed by atoms with E-state index in [0.29, 0.717) is 6.54 Å². The molecule has 2 aliphatic rings. The lowest BCUT2D eigenvalue weighted by Gasteiger charge is -2.37. The highest BCUT2D eigenvalue weighted by atomic mass is 16.2. The average molecular weight is 301 g/mol. The van der Waals surface area contributed by atoms with Crippen molar-refractivity contribution in [2.45, 2.75) is 37.5 Å². The van der Waals surface area contributed by atoms with Gasteiger partial charge in [-0.25, -0.2) is 0 Å². The Bertz CT molecular complexity index is 546. The highest BCUT2D eigenvalue weighted by Crippen LogP contribution is 2.39. The van der Waals surface area contributed by atoms with Gasteiger partial charge < -0.3 is 10.6 Å². The van der Waals surface area contributed by atoms with Gasteiger partial charge in [0, 0.05) is 17.6 Å². The van der Waals surface area contributed by atoms with Crippen LogP contribution in [-0.2, 0) is 15.0 Å². The minimum absolute atomic E-state index is 0.103. The largest absolute Gasteiger partial charge is 0.353 e. The number of hydrogen-bond acceptors (Lipinski definition) is 4. The van der Waals surface area contributed by atoms with Crippen molar-refractivity contribution in [1.82, 2.24) is 5.32 Å². The number of anilines is 1. The Balaban J connectivity index is 1.80. The number of carbonyl (C=O) groups excluding carboxylic acids is 2. The van der Waals surface area contributed by atoms with Crippen molar-refractivity contribution in [2.75, 3.05) is 24.5 Å². The number of benzene rings is 1. The summed E-state index contributed by atoms with van der Waals surface area (Å²) in [5.41, 5.74) is 8.38. The molecule has 1 saturated carbocycles. The molecule has 0 aromatic heterocycles. The molecular formula is C17H23N3O2. The fourth-order valence-corrected chi connectivity index (χ4v) is 3.68. The molecule has 1 aromatic rings. The standard InChI is InChI=1S/C17H23N3O2/c18-12-17(8-2-1-3-9-17)13-4-6-14(7-5-13)20-10-15(21)19-16(22)11-20/h4-7H,1-3,8-12,18H2,(H,19,21,22). The number of imide groups is 1. The molecule has 5 heteroatoms. The summed E-state index contributed by atoms with van der Waals surface area (Å²) < 4.78 is 0. The summed E-state index contributed by atoms with van der Waals surface area (Å²) in [5.74, 6) is -0.489. The van der Waals surface area contributed by atoms with Crippen LogP contribution in [0.15, 0.2) is 24.3 Å². The van der Waals surface area contributed by atoms with Gasteiger partial charge in [-0.05, 0) is 30.5 Å². The molecule has 0 spiro atoms. The van der Waals surface area contributed by atoms with E-state index in [0.717, 1.165) is 18.5 Å². The molecule has 2 fully saturated rings. The van der Waals surface area contributed by atoms with Crippen molar-refractivity contribution in [2.24, 2.45) is 5.73 Å². The van der Waals surface area contributed by atoms with Crippen LogP contribution in [0.1, 0.15) is 37.7 Å². The molecule has 1 aromatic carbocycles. The first-order valence-electron chi connectivity index (χ1n) is 8.01. The second kappa shape index (κ2) is 6.08. The van der Waals surface area contributed by atoms with E-state index >= 15 is 0 Å². The minimum Gasteiger partial charge on any atom is -0.353 e. The fraction of sp³-hybridized carbons (Fsp3) is 0.529. The summed E-state index contributed by atoms with van der Waals surface area (Å²) >= 11 is 0. The minimum atomic E-state index is -0.244. The Morgan fingerprint density at radius 2 is 1.59 bits per heavy atom. The second-order valence-corrected chi connectivity index (χ2v) is 6.42. The number of rotatable bonds is 3. The molecule has 3 rings (SSSR count). The van der Waals surface area contributed by atoms with Crippen molar-refractivity contribution >= 4 is 17.5 Å². The lowest BCUT2D eigenvalue weighted by Crippen LogP contribution is -2.51. The maximum absolute atomic E-state index is 11.5. The summed E-state index contributed by atoms with van der Waals surface area (Å²) in [6.07, 6.45) is 6.06. The molecule has 1 aliphatic carbocycles. The third-order valence-electron chi connectivity index (χ3n) is 4.99. The molecule has 1 heterocycles. The van der Waals surface area contributed by atoms with E-state index < -0.39 is 0 Å². The maximum atomic E-state index is 11.5. The quantitative estimate of drug-likeness (QED) is 0.825. The van der Waals surface area contributed by atoms with Gasteiger partial charge in [-0.3, -0.25) is 14.9 Å². The molecule has 3 N–H and O–H groups in total. The zero-order valence-corrected chi connectivity index (χ0v) is 12.8. The van der Waals surface area contributed by atoms with Crippen molar-refractivity contribution in [1.29, 1.82) is 0 Å². The van der Waals surface area contributed by atoms with Gasteiger partial charge >= 0.3 is 0 Å².